The van der Waals surface area contributed by atoms with E-state index < -0.39 is 0 Å². The Hall–Kier alpha value is -4.46. The normalized spacial score (nSPS) is 14.5. The van der Waals surface area contributed by atoms with Crippen molar-refractivity contribution in [3.8, 4) is 16.9 Å². The number of pyridine rings is 1. The molecule has 0 aliphatic carbocycles. The predicted molar refractivity (Wildman–Crippen MR) is 153 cm³/mol. The van der Waals surface area contributed by atoms with Crippen LogP contribution in [-0.2, 0) is 6.42 Å². The van der Waals surface area contributed by atoms with Gasteiger partial charge in [0.25, 0.3) is 11.8 Å². The number of carbonyl (C=O) groups excluding carboxylic acids is 2. The Bertz CT molecular complexity index is 1510. The molecule has 0 N–H and O–H groups in total. The highest BCUT2D eigenvalue weighted by atomic mass is 16.5. The zero-order valence-corrected chi connectivity index (χ0v) is 23.4. The molecule has 2 aromatic carbocycles. The maximum Gasteiger partial charge on any atom is 0.259 e. The van der Waals surface area contributed by atoms with Crippen LogP contribution in [0.4, 0.5) is 0 Å². The van der Waals surface area contributed by atoms with Crippen molar-refractivity contribution in [2.24, 2.45) is 0 Å². The van der Waals surface area contributed by atoms with Gasteiger partial charge in [-0.05, 0) is 59.9 Å². The molecule has 5 rings (SSSR count). The van der Waals surface area contributed by atoms with E-state index in [1.54, 1.807) is 30.0 Å². The number of ether oxygens (including phenoxy) is 1. The van der Waals surface area contributed by atoms with Crippen molar-refractivity contribution in [2.75, 3.05) is 33.3 Å². The molecule has 1 aliphatic rings. The van der Waals surface area contributed by atoms with Gasteiger partial charge in [0.05, 0.1) is 12.2 Å². The summed E-state index contributed by atoms with van der Waals surface area (Å²) in [7, 11) is 1.76. The van der Waals surface area contributed by atoms with Crippen molar-refractivity contribution in [2.45, 2.75) is 33.1 Å². The summed E-state index contributed by atoms with van der Waals surface area (Å²) in [5, 5.41) is 4.14. The Balaban J connectivity index is 1.51. The van der Waals surface area contributed by atoms with Gasteiger partial charge in [-0.2, -0.15) is 0 Å². The van der Waals surface area contributed by atoms with Crippen LogP contribution in [0.3, 0.4) is 0 Å². The predicted octanol–water partition coefficient (Wildman–Crippen LogP) is 5.37. The number of carbonyl (C=O) groups is 2. The van der Waals surface area contributed by atoms with Gasteiger partial charge < -0.3 is 19.1 Å². The Labute approximate surface area is 234 Å². The summed E-state index contributed by atoms with van der Waals surface area (Å²) >= 11 is 0. The molecule has 2 bridgehead atoms. The van der Waals surface area contributed by atoms with Gasteiger partial charge in [0, 0.05) is 50.1 Å². The number of fused-ring (bicyclic) bond motifs is 3. The van der Waals surface area contributed by atoms with E-state index in [2.05, 4.69) is 16.2 Å². The van der Waals surface area contributed by atoms with Gasteiger partial charge in [-0.1, -0.05) is 43.3 Å². The summed E-state index contributed by atoms with van der Waals surface area (Å²) in [4.78, 5) is 34.8. The average molecular weight is 539 g/mol. The lowest BCUT2D eigenvalue weighted by Gasteiger charge is -2.27. The van der Waals surface area contributed by atoms with Gasteiger partial charge in [0.1, 0.15) is 23.7 Å². The molecule has 0 radical (unpaired) electrons. The number of aryl methyl sites for hydroxylation is 1. The molecule has 2 aromatic heterocycles. The standard InChI is InChI=1S/C32H34N4O4/c1-21(2)30-29(22(3)40-34-30)32(38)36-14-13-35(4)31(37)25-8-5-7-23(17-25)18-27-19-24(26-9-6-12-33-20-26)10-11-28(27)39-16-15-36/h5-12,17,19-21H,13-16,18H2,1-4H3. The van der Waals surface area contributed by atoms with Gasteiger partial charge >= 0.3 is 0 Å². The Morgan fingerprint density at radius 3 is 2.58 bits per heavy atom. The van der Waals surface area contributed by atoms with Crippen molar-refractivity contribution in [1.82, 2.24) is 19.9 Å². The zero-order chi connectivity index (χ0) is 28.2. The van der Waals surface area contributed by atoms with Crippen LogP contribution >= 0.6 is 0 Å². The number of nitrogens with zero attached hydrogens (tertiary/aromatic N) is 4. The monoisotopic (exact) mass is 538 g/mol. The van der Waals surface area contributed by atoms with Crippen LogP contribution in [0.25, 0.3) is 11.1 Å². The second-order valence-corrected chi connectivity index (χ2v) is 10.5. The fourth-order valence-electron chi connectivity index (χ4n) is 4.98. The number of likely N-dealkylation sites (N-methyl/N-ethyl adjacent to an activating group) is 1. The van der Waals surface area contributed by atoms with Gasteiger partial charge in [0.2, 0.25) is 0 Å². The van der Waals surface area contributed by atoms with E-state index >= 15 is 0 Å². The molecule has 0 spiro atoms. The molecular weight excluding hydrogens is 504 g/mol. The van der Waals surface area contributed by atoms with Crippen molar-refractivity contribution in [3.63, 3.8) is 0 Å². The summed E-state index contributed by atoms with van der Waals surface area (Å²) < 4.78 is 11.7. The van der Waals surface area contributed by atoms with Crippen LogP contribution in [0.15, 0.2) is 71.5 Å². The lowest BCUT2D eigenvalue weighted by atomic mass is 9.98. The van der Waals surface area contributed by atoms with E-state index in [1.165, 1.54) is 0 Å². The quantitative estimate of drug-likeness (QED) is 0.349. The first kappa shape index (κ1) is 27.1. The minimum absolute atomic E-state index is 0.0322. The number of aromatic nitrogens is 2. The van der Waals surface area contributed by atoms with E-state index in [1.807, 2.05) is 68.6 Å². The summed E-state index contributed by atoms with van der Waals surface area (Å²) in [5.74, 6) is 1.01. The Kier molecular flexibility index (Phi) is 7.96. The number of benzene rings is 2. The summed E-state index contributed by atoms with van der Waals surface area (Å²) in [5.41, 5.74) is 5.78. The fraction of sp³-hybridized carbons (Fsp3) is 0.312. The second kappa shape index (κ2) is 11.7. The van der Waals surface area contributed by atoms with Crippen LogP contribution in [0.2, 0.25) is 0 Å². The lowest BCUT2D eigenvalue weighted by Crippen LogP contribution is -2.41. The second-order valence-electron chi connectivity index (χ2n) is 10.5. The third kappa shape index (κ3) is 5.76. The molecule has 206 valence electrons. The smallest absolute Gasteiger partial charge is 0.259 e. The van der Waals surface area contributed by atoms with Gasteiger partial charge in [-0.3, -0.25) is 14.6 Å². The lowest BCUT2D eigenvalue weighted by molar-refractivity contribution is 0.0666. The summed E-state index contributed by atoms with van der Waals surface area (Å²) in [6, 6.07) is 17.7. The van der Waals surface area contributed by atoms with Crippen molar-refractivity contribution in [1.29, 1.82) is 0 Å². The van der Waals surface area contributed by atoms with E-state index in [-0.39, 0.29) is 17.7 Å². The third-order valence-electron chi connectivity index (χ3n) is 7.23. The van der Waals surface area contributed by atoms with Crippen LogP contribution in [0, 0.1) is 6.92 Å². The van der Waals surface area contributed by atoms with E-state index in [9.17, 15) is 9.59 Å². The topological polar surface area (TPSA) is 88.8 Å². The van der Waals surface area contributed by atoms with Crippen LogP contribution in [0.5, 0.6) is 5.75 Å². The number of rotatable bonds is 3. The molecule has 40 heavy (non-hydrogen) atoms. The van der Waals surface area contributed by atoms with Gasteiger partial charge in [-0.25, -0.2) is 0 Å². The minimum atomic E-state index is -0.173. The third-order valence-corrected chi connectivity index (χ3v) is 7.23. The maximum absolute atomic E-state index is 13.8. The molecule has 8 heteroatoms. The van der Waals surface area contributed by atoms with Crippen molar-refractivity contribution in [3.05, 3.63) is 101 Å². The number of hydrogen-bond donors (Lipinski definition) is 0. The molecule has 0 atom stereocenters. The molecule has 0 fully saturated rings. The van der Waals surface area contributed by atoms with E-state index in [4.69, 9.17) is 9.26 Å². The minimum Gasteiger partial charge on any atom is -0.491 e. The van der Waals surface area contributed by atoms with Gasteiger partial charge in [0.15, 0.2) is 0 Å². The van der Waals surface area contributed by atoms with Crippen molar-refractivity contribution >= 4 is 11.8 Å². The summed E-state index contributed by atoms with van der Waals surface area (Å²) in [6.07, 6.45) is 4.18. The molecule has 0 saturated heterocycles. The number of amides is 2. The van der Waals surface area contributed by atoms with Crippen LogP contribution < -0.4 is 4.74 Å². The largest absolute Gasteiger partial charge is 0.491 e. The first-order valence-corrected chi connectivity index (χ1v) is 13.6. The molecule has 4 aromatic rings. The van der Waals surface area contributed by atoms with Crippen molar-refractivity contribution < 1.29 is 18.8 Å². The van der Waals surface area contributed by atoms with E-state index in [0.717, 1.165) is 28.0 Å². The molecule has 0 saturated carbocycles. The molecular formula is C32H34N4O4. The van der Waals surface area contributed by atoms with Gasteiger partial charge in [-0.15, -0.1) is 0 Å². The highest BCUT2D eigenvalue weighted by molar-refractivity contribution is 5.96. The first-order chi connectivity index (χ1) is 19.3. The highest BCUT2D eigenvalue weighted by Gasteiger charge is 2.27. The molecule has 0 unspecified atom stereocenters. The zero-order valence-electron chi connectivity index (χ0n) is 23.4. The van der Waals surface area contributed by atoms with E-state index in [0.29, 0.717) is 55.2 Å². The molecule has 8 nitrogen and oxygen atoms in total. The Morgan fingerprint density at radius 2 is 1.80 bits per heavy atom. The molecule has 3 heterocycles. The van der Waals surface area contributed by atoms with Crippen LogP contribution in [0.1, 0.15) is 63.1 Å². The highest BCUT2D eigenvalue weighted by Crippen LogP contribution is 2.29. The average Bonchev–Trinajstić information content (AvgIpc) is 3.36. The maximum atomic E-state index is 13.8. The summed E-state index contributed by atoms with van der Waals surface area (Å²) in [6.45, 7) is 7.09. The fourth-order valence-corrected chi connectivity index (χ4v) is 4.98. The number of hydrogen-bond acceptors (Lipinski definition) is 6. The molecule has 1 aliphatic heterocycles. The molecule has 2 amide bonds. The first-order valence-electron chi connectivity index (χ1n) is 13.6. The SMILES string of the molecule is Cc1onc(C(C)C)c1C(=O)N1CCOc2ccc(-c3cccnc3)cc2Cc2cccc(c2)C(=O)N(C)CC1. The van der Waals surface area contributed by atoms with Crippen LogP contribution in [-0.4, -0.2) is 65.0 Å². The Morgan fingerprint density at radius 1 is 0.975 bits per heavy atom.